The van der Waals surface area contributed by atoms with Crippen molar-refractivity contribution in [3.05, 3.63) is 42.0 Å². The van der Waals surface area contributed by atoms with Gasteiger partial charge in [0.05, 0.1) is 32.0 Å². The number of carbonyl (C=O) groups is 2. The molecule has 0 aliphatic carbocycles. The molecule has 1 aromatic carbocycles. The van der Waals surface area contributed by atoms with Crippen molar-refractivity contribution in [2.24, 2.45) is 5.92 Å². The summed E-state index contributed by atoms with van der Waals surface area (Å²) in [6.07, 6.45) is -0.305. The summed E-state index contributed by atoms with van der Waals surface area (Å²) < 4.78 is 30.1. The van der Waals surface area contributed by atoms with Gasteiger partial charge >= 0.3 is 6.09 Å². The molecule has 0 N–H and O–H groups in total. The smallest absolute Gasteiger partial charge is 0.417 e. The molecule has 42 heavy (non-hydrogen) atoms. The highest BCUT2D eigenvalue weighted by atomic mass is 28.4. The van der Waals surface area contributed by atoms with E-state index in [9.17, 15) is 9.59 Å². The Hall–Kier alpha value is -2.20. The summed E-state index contributed by atoms with van der Waals surface area (Å²) in [5.74, 6) is 0.457. The number of hydrogen-bond donors (Lipinski definition) is 0. The number of imide groups is 1. The molecule has 0 unspecified atom stereocenters. The topological polar surface area (TPSA) is 83.5 Å². The molecule has 8 nitrogen and oxygen atoms in total. The van der Waals surface area contributed by atoms with Crippen LogP contribution in [-0.4, -0.2) is 70.4 Å². The predicted octanol–water partition coefficient (Wildman–Crippen LogP) is 7.52. The van der Waals surface area contributed by atoms with Crippen molar-refractivity contribution >= 4 is 20.3 Å². The molecule has 0 aromatic heterocycles. The summed E-state index contributed by atoms with van der Waals surface area (Å²) in [7, 11) is -0.461. The third-order valence-corrected chi connectivity index (χ3v) is 14.5. The van der Waals surface area contributed by atoms with Crippen LogP contribution < -0.4 is 4.74 Å². The summed E-state index contributed by atoms with van der Waals surface area (Å²) in [6.45, 7) is 24.4. The van der Waals surface area contributed by atoms with Crippen LogP contribution in [0.3, 0.4) is 0 Å². The van der Waals surface area contributed by atoms with Crippen LogP contribution in [0, 0.1) is 5.92 Å². The molecule has 1 heterocycles. The lowest BCUT2D eigenvalue weighted by atomic mass is 10.0. The van der Waals surface area contributed by atoms with Gasteiger partial charge in [-0.3, -0.25) is 4.79 Å². The number of methoxy groups -OCH3 is 1. The first kappa shape index (κ1) is 36.0. The normalized spacial score (nSPS) is 17.3. The Kier molecular flexibility index (Phi) is 14.2. The Morgan fingerprint density at radius 3 is 2.10 bits per heavy atom. The van der Waals surface area contributed by atoms with E-state index in [1.165, 1.54) is 4.90 Å². The number of amides is 2. The van der Waals surface area contributed by atoms with Crippen molar-refractivity contribution in [1.29, 1.82) is 0 Å². The van der Waals surface area contributed by atoms with Crippen LogP contribution in [0.4, 0.5) is 4.79 Å². The van der Waals surface area contributed by atoms with Crippen molar-refractivity contribution in [2.75, 3.05) is 26.9 Å². The van der Waals surface area contributed by atoms with Gasteiger partial charge in [0, 0.05) is 6.61 Å². The first-order valence-corrected chi connectivity index (χ1v) is 17.5. The lowest BCUT2D eigenvalue weighted by Gasteiger charge is -2.42. The van der Waals surface area contributed by atoms with E-state index >= 15 is 0 Å². The molecule has 0 spiro atoms. The third-order valence-electron chi connectivity index (χ3n) is 8.41. The summed E-state index contributed by atoms with van der Waals surface area (Å²) in [6, 6.07) is 7.45. The molecule has 1 aliphatic heterocycles. The fraction of sp³-hybridized carbons (Fsp3) is 0.697. The van der Waals surface area contributed by atoms with Gasteiger partial charge in [-0.05, 0) is 60.0 Å². The second-order valence-corrected chi connectivity index (χ2v) is 18.3. The van der Waals surface area contributed by atoms with E-state index in [-0.39, 0.29) is 31.3 Å². The minimum atomic E-state index is -2.10. The van der Waals surface area contributed by atoms with E-state index in [0.717, 1.165) is 16.9 Å². The third kappa shape index (κ3) is 9.40. The fourth-order valence-corrected chi connectivity index (χ4v) is 11.7. The number of carbonyl (C=O) groups excluding carboxylic acids is 2. The van der Waals surface area contributed by atoms with E-state index in [2.05, 4.69) is 48.1 Å². The number of ether oxygens (including phenoxy) is 4. The van der Waals surface area contributed by atoms with Crippen molar-refractivity contribution < 1.29 is 33.0 Å². The summed E-state index contributed by atoms with van der Waals surface area (Å²) in [5.41, 5.74) is 3.30. The highest BCUT2D eigenvalue weighted by Crippen LogP contribution is 2.42. The lowest BCUT2D eigenvalue weighted by molar-refractivity contribution is -0.142. The van der Waals surface area contributed by atoms with E-state index in [0.29, 0.717) is 42.7 Å². The molecule has 2 amide bonds. The molecule has 0 saturated carbocycles. The van der Waals surface area contributed by atoms with Crippen LogP contribution in [-0.2, 0) is 30.0 Å². The maximum atomic E-state index is 13.3. The van der Waals surface area contributed by atoms with Gasteiger partial charge in [0.1, 0.15) is 19.0 Å². The van der Waals surface area contributed by atoms with E-state index in [4.69, 9.17) is 23.4 Å². The number of nitrogens with zero attached hydrogens (tertiary/aromatic N) is 1. The summed E-state index contributed by atoms with van der Waals surface area (Å²) in [5, 5.41) is 0. The van der Waals surface area contributed by atoms with E-state index in [1.54, 1.807) is 7.11 Å². The van der Waals surface area contributed by atoms with Gasteiger partial charge in [-0.25, -0.2) is 9.69 Å². The molecule has 1 aliphatic rings. The maximum absolute atomic E-state index is 13.3. The number of benzene rings is 1. The zero-order valence-corrected chi connectivity index (χ0v) is 28.6. The van der Waals surface area contributed by atoms with Crippen LogP contribution in [0.25, 0.3) is 0 Å². The van der Waals surface area contributed by atoms with Gasteiger partial charge in [-0.2, -0.15) is 0 Å². The molecule has 3 atom stereocenters. The van der Waals surface area contributed by atoms with Gasteiger partial charge in [0.2, 0.25) is 0 Å². The molecule has 238 valence electrons. The van der Waals surface area contributed by atoms with Crippen molar-refractivity contribution in [1.82, 2.24) is 4.90 Å². The molecule has 1 fully saturated rings. The summed E-state index contributed by atoms with van der Waals surface area (Å²) >= 11 is 0. The van der Waals surface area contributed by atoms with Crippen LogP contribution >= 0.6 is 0 Å². The van der Waals surface area contributed by atoms with Crippen molar-refractivity contribution in [3.63, 3.8) is 0 Å². The van der Waals surface area contributed by atoms with Crippen molar-refractivity contribution in [3.8, 4) is 5.75 Å². The van der Waals surface area contributed by atoms with Gasteiger partial charge in [0.15, 0.2) is 8.32 Å². The average Bonchev–Trinajstić information content (AvgIpc) is 3.31. The average molecular weight is 606 g/mol. The second-order valence-electron chi connectivity index (χ2n) is 12.8. The second kappa shape index (κ2) is 16.6. The van der Waals surface area contributed by atoms with Crippen LogP contribution in [0.1, 0.15) is 80.7 Å². The van der Waals surface area contributed by atoms with Gasteiger partial charge in [-0.1, -0.05) is 73.1 Å². The first-order chi connectivity index (χ1) is 19.7. The Bertz CT molecular complexity index is 986. The highest BCUT2D eigenvalue weighted by molar-refractivity contribution is 6.77. The minimum absolute atomic E-state index is 0.0785. The van der Waals surface area contributed by atoms with Crippen LogP contribution in [0.15, 0.2) is 36.4 Å². The minimum Gasteiger partial charge on any atom is -0.497 e. The first-order valence-electron chi connectivity index (χ1n) is 15.4. The zero-order valence-electron chi connectivity index (χ0n) is 27.6. The Balaban J connectivity index is 2.27. The molecule has 9 heteroatoms. The SMILES string of the molecule is C=C(C)C[C@H](OCc1ccc(OC)cc1)[C@@H](CCO[Si](C(C)C)(C(C)C)C(C)C)OCC(=O)N1C(=O)OC[C@H]1C(C)C. The molecule has 2 rings (SSSR count). The maximum Gasteiger partial charge on any atom is 0.417 e. The lowest BCUT2D eigenvalue weighted by Crippen LogP contribution is -2.48. The Morgan fingerprint density at radius 2 is 1.60 bits per heavy atom. The van der Waals surface area contributed by atoms with Gasteiger partial charge < -0.3 is 23.4 Å². The van der Waals surface area contributed by atoms with Gasteiger partial charge in [0.25, 0.3) is 5.91 Å². The monoisotopic (exact) mass is 605 g/mol. The van der Waals surface area contributed by atoms with E-state index < -0.39 is 26.4 Å². The quantitative estimate of drug-likeness (QED) is 0.126. The van der Waals surface area contributed by atoms with Crippen LogP contribution in [0.5, 0.6) is 5.75 Å². The fourth-order valence-electron chi connectivity index (χ4n) is 6.26. The zero-order chi connectivity index (χ0) is 31.6. The Labute approximate surface area is 255 Å². The molecule has 0 radical (unpaired) electrons. The number of hydrogen-bond acceptors (Lipinski definition) is 7. The molecular formula is C33H55NO7Si. The molecule has 0 bridgehead atoms. The largest absolute Gasteiger partial charge is 0.497 e. The predicted molar refractivity (Wildman–Crippen MR) is 169 cm³/mol. The number of cyclic esters (lactones) is 1. The van der Waals surface area contributed by atoms with Crippen molar-refractivity contribution in [2.45, 2.75) is 117 Å². The van der Waals surface area contributed by atoms with Gasteiger partial charge in [-0.15, -0.1) is 6.58 Å². The summed E-state index contributed by atoms with van der Waals surface area (Å²) in [4.78, 5) is 26.9. The standard InChI is InChI=1S/C33H55NO7Si/c1-22(2)18-31(38-19-27-12-14-28(37-11)15-13-27)30(16-17-41-42(24(5)6,25(7)8)26(9)10)39-21-32(35)34-29(23(3)4)20-40-33(34)36/h12-15,23-26,29-31H,1,16-21H2,2-11H3/t29-,30+,31-/m0/s1. The molecular weight excluding hydrogens is 550 g/mol. The molecule has 1 saturated heterocycles. The van der Waals surface area contributed by atoms with E-state index in [1.807, 2.05) is 45.0 Å². The Morgan fingerprint density at radius 1 is 1.00 bits per heavy atom. The highest BCUT2D eigenvalue weighted by Gasteiger charge is 2.45. The number of rotatable bonds is 18. The molecule has 1 aromatic rings. The van der Waals surface area contributed by atoms with Crippen LogP contribution in [0.2, 0.25) is 16.6 Å².